The monoisotopic (exact) mass is 379 g/mol. The second-order valence-corrected chi connectivity index (χ2v) is 5.92. The lowest BCUT2D eigenvalue weighted by Gasteiger charge is -2.08. The molecule has 1 aromatic heterocycles. The molecule has 7 heteroatoms. The van der Waals surface area contributed by atoms with Crippen molar-refractivity contribution >= 4 is 17.5 Å². The number of pyridine rings is 1. The maximum Gasteiger partial charge on any atom is 0.270 e. The standard InChI is InChI=1S/C21H18FN3O3/c1-28-18-8-2-14(3-9-18)13-24-21(27)19-12-15(10-11-23-19)20(26)25-17-6-4-16(22)5-7-17/h2-12H,13H2,1H3,(H,24,27)(H,25,26). The highest BCUT2D eigenvalue weighted by molar-refractivity contribution is 6.05. The van der Waals surface area contributed by atoms with E-state index < -0.39 is 17.6 Å². The quantitative estimate of drug-likeness (QED) is 0.688. The fourth-order valence-corrected chi connectivity index (χ4v) is 2.45. The number of rotatable bonds is 6. The van der Waals surface area contributed by atoms with Gasteiger partial charge in [0, 0.05) is 24.0 Å². The van der Waals surface area contributed by atoms with Gasteiger partial charge in [0.25, 0.3) is 11.8 Å². The number of anilines is 1. The van der Waals surface area contributed by atoms with Crippen LogP contribution in [0, 0.1) is 5.82 Å². The smallest absolute Gasteiger partial charge is 0.270 e. The Balaban J connectivity index is 1.63. The first-order valence-corrected chi connectivity index (χ1v) is 8.49. The van der Waals surface area contributed by atoms with E-state index in [1.165, 1.54) is 42.6 Å². The number of amides is 2. The van der Waals surface area contributed by atoms with Crippen molar-refractivity contribution in [3.8, 4) is 5.75 Å². The number of aromatic nitrogens is 1. The van der Waals surface area contributed by atoms with Crippen molar-refractivity contribution in [2.45, 2.75) is 6.54 Å². The first-order chi connectivity index (χ1) is 13.5. The van der Waals surface area contributed by atoms with E-state index in [0.717, 1.165) is 11.3 Å². The van der Waals surface area contributed by atoms with E-state index in [9.17, 15) is 14.0 Å². The molecule has 2 aromatic carbocycles. The van der Waals surface area contributed by atoms with E-state index in [-0.39, 0.29) is 11.3 Å². The summed E-state index contributed by atoms with van der Waals surface area (Å²) in [7, 11) is 1.58. The van der Waals surface area contributed by atoms with Gasteiger partial charge in [-0.3, -0.25) is 14.6 Å². The third-order valence-electron chi connectivity index (χ3n) is 3.97. The zero-order valence-electron chi connectivity index (χ0n) is 15.1. The van der Waals surface area contributed by atoms with E-state index >= 15 is 0 Å². The lowest BCUT2D eigenvalue weighted by Crippen LogP contribution is -2.24. The molecule has 0 fully saturated rings. The van der Waals surface area contributed by atoms with Crippen molar-refractivity contribution in [1.29, 1.82) is 0 Å². The molecule has 0 spiro atoms. The molecule has 142 valence electrons. The first kappa shape index (κ1) is 19.0. The number of carbonyl (C=O) groups is 2. The lowest BCUT2D eigenvalue weighted by atomic mass is 10.2. The van der Waals surface area contributed by atoms with Crippen molar-refractivity contribution in [1.82, 2.24) is 10.3 Å². The van der Waals surface area contributed by atoms with E-state index in [4.69, 9.17) is 4.74 Å². The van der Waals surface area contributed by atoms with Crippen LogP contribution in [0.15, 0.2) is 66.9 Å². The van der Waals surface area contributed by atoms with Crippen LogP contribution in [0.1, 0.15) is 26.4 Å². The first-order valence-electron chi connectivity index (χ1n) is 8.49. The predicted molar refractivity (Wildman–Crippen MR) is 103 cm³/mol. The van der Waals surface area contributed by atoms with Crippen LogP contribution in [-0.4, -0.2) is 23.9 Å². The molecule has 0 aliphatic heterocycles. The van der Waals surface area contributed by atoms with E-state index in [0.29, 0.717) is 12.2 Å². The summed E-state index contributed by atoms with van der Waals surface area (Å²) in [6.45, 7) is 0.316. The van der Waals surface area contributed by atoms with Gasteiger partial charge in [0.2, 0.25) is 0 Å². The molecule has 0 bridgehead atoms. The van der Waals surface area contributed by atoms with Crippen molar-refractivity contribution in [3.05, 3.63) is 89.5 Å². The molecule has 2 N–H and O–H groups in total. The van der Waals surface area contributed by atoms with Gasteiger partial charge in [0.1, 0.15) is 17.3 Å². The second kappa shape index (κ2) is 8.77. The number of nitrogens with zero attached hydrogens (tertiary/aromatic N) is 1. The summed E-state index contributed by atoms with van der Waals surface area (Å²) in [6.07, 6.45) is 1.39. The Labute approximate surface area is 161 Å². The molecule has 0 saturated heterocycles. The van der Waals surface area contributed by atoms with Gasteiger partial charge in [-0.2, -0.15) is 0 Å². The third kappa shape index (κ3) is 4.91. The van der Waals surface area contributed by atoms with Crippen LogP contribution in [0.5, 0.6) is 5.75 Å². The van der Waals surface area contributed by atoms with Gasteiger partial charge in [-0.15, -0.1) is 0 Å². The van der Waals surface area contributed by atoms with Gasteiger partial charge in [-0.25, -0.2) is 4.39 Å². The lowest BCUT2D eigenvalue weighted by molar-refractivity contribution is 0.0946. The van der Waals surface area contributed by atoms with Crippen molar-refractivity contribution in [2.24, 2.45) is 0 Å². The summed E-state index contributed by atoms with van der Waals surface area (Å²) in [6, 6.07) is 15.6. The van der Waals surface area contributed by atoms with E-state index in [1.54, 1.807) is 19.2 Å². The van der Waals surface area contributed by atoms with Crippen LogP contribution in [-0.2, 0) is 6.54 Å². The summed E-state index contributed by atoms with van der Waals surface area (Å²) in [5.74, 6) is -0.472. The van der Waals surface area contributed by atoms with Crippen molar-refractivity contribution in [3.63, 3.8) is 0 Å². The Hall–Kier alpha value is -3.74. The summed E-state index contributed by atoms with van der Waals surface area (Å²) < 4.78 is 18.0. The number of hydrogen-bond donors (Lipinski definition) is 2. The Morgan fingerprint density at radius 1 is 1.00 bits per heavy atom. The molecular weight excluding hydrogens is 361 g/mol. The number of benzene rings is 2. The highest BCUT2D eigenvalue weighted by Gasteiger charge is 2.12. The average Bonchev–Trinajstić information content (AvgIpc) is 2.74. The molecule has 1 heterocycles. The molecule has 0 atom stereocenters. The topological polar surface area (TPSA) is 80.3 Å². The zero-order valence-corrected chi connectivity index (χ0v) is 15.1. The van der Waals surface area contributed by atoms with Crippen LogP contribution in [0.2, 0.25) is 0 Å². The third-order valence-corrected chi connectivity index (χ3v) is 3.97. The Morgan fingerprint density at radius 3 is 2.39 bits per heavy atom. The Kier molecular flexibility index (Phi) is 5.96. The predicted octanol–water partition coefficient (Wildman–Crippen LogP) is 3.41. The van der Waals surface area contributed by atoms with Crippen molar-refractivity contribution < 1.29 is 18.7 Å². The fourth-order valence-electron chi connectivity index (χ4n) is 2.45. The maximum atomic E-state index is 13.0. The van der Waals surface area contributed by atoms with Crippen molar-refractivity contribution in [2.75, 3.05) is 12.4 Å². The number of nitrogens with one attached hydrogen (secondary N) is 2. The van der Waals surface area contributed by atoms with E-state index in [2.05, 4.69) is 15.6 Å². The molecule has 3 rings (SSSR count). The highest BCUT2D eigenvalue weighted by Crippen LogP contribution is 2.12. The van der Waals surface area contributed by atoms with Gasteiger partial charge < -0.3 is 15.4 Å². The molecular formula is C21H18FN3O3. The number of hydrogen-bond acceptors (Lipinski definition) is 4. The summed E-state index contributed by atoms with van der Waals surface area (Å²) >= 11 is 0. The normalized spacial score (nSPS) is 10.2. The minimum Gasteiger partial charge on any atom is -0.497 e. The summed E-state index contributed by atoms with van der Waals surface area (Å²) in [5, 5.41) is 5.40. The minimum atomic E-state index is -0.418. The molecule has 0 radical (unpaired) electrons. The molecule has 6 nitrogen and oxygen atoms in total. The van der Waals surface area contributed by atoms with Crippen LogP contribution >= 0.6 is 0 Å². The summed E-state index contributed by atoms with van der Waals surface area (Å²) in [5.41, 5.74) is 1.75. The van der Waals surface area contributed by atoms with E-state index in [1.807, 2.05) is 12.1 Å². The highest BCUT2D eigenvalue weighted by atomic mass is 19.1. The maximum absolute atomic E-state index is 13.0. The number of ether oxygens (including phenoxy) is 1. The van der Waals surface area contributed by atoms with Crippen LogP contribution < -0.4 is 15.4 Å². The van der Waals surface area contributed by atoms with Gasteiger partial charge in [-0.1, -0.05) is 12.1 Å². The summed E-state index contributed by atoms with van der Waals surface area (Å²) in [4.78, 5) is 28.7. The molecule has 2 amide bonds. The number of methoxy groups -OCH3 is 1. The largest absolute Gasteiger partial charge is 0.497 e. The Bertz CT molecular complexity index is 973. The molecule has 0 unspecified atom stereocenters. The van der Waals surface area contributed by atoms with Gasteiger partial charge in [0.05, 0.1) is 7.11 Å². The average molecular weight is 379 g/mol. The molecule has 0 aliphatic rings. The van der Waals surface area contributed by atoms with Crippen LogP contribution in [0.25, 0.3) is 0 Å². The zero-order chi connectivity index (χ0) is 19.9. The van der Waals surface area contributed by atoms with Gasteiger partial charge in [-0.05, 0) is 54.1 Å². The fraction of sp³-hybridized carbons (Fsp3) is 0.0952. The number of carbonyl (C=O) groups excluding carboxylic acids is 2. The molecule has 28 heavy (non-hydrogen) atoms. The molecule has 0 aliphatic carbocycles. The molecule has 0 saturated carbocycles. The van der Waals surface area contributed by atoms with Gasteiger partial charge in [0.15, 0.2) is 0 Å². The van der Waals surface area contributed by atoms with Gasteiger partial charge >= 0.3 is 0 Å². The van der Waals surface area contributed by atoms with Crippen LogP contribution in [0.4, 0.5) is 10.1 Å². The molecule has 3 aromatic rings. The number of halogens is 1. The SMILES string of the molecule is COc1ccc(CNC(=O)c2cc(C(=O)Nc3ccc(F)cc3)ccn2)cc1. The van der Waals surface area contributed by atoms with Crippen LogP contribution in [0.3, 0.4) is 0 Å². The second-order valence-electron chi connectivity index (χ2n) is 5.92. The Morgan fingerprint density at radius 2 is 1.71 bits per heavy atom. The minimum absolute atomic E-state index is 0.125.